The summed E-state index contributed by atoms with van der Waals surface area (Å²) in [5.41, 5.74) is 3.76. The van der Waals surface area contributed by atoms with Gasteiger partial charge in [0.25, 0.3) is 5.56 Å². The first kappa shape index (κ1) is 15.4. The second-order valence-corrected chi connectivity index (χ2v) is 5.97. The molecular formula is C19H21N3O. The standard InChI is InChI=1S/C19H21N3O/c1-14-8-7-11-22-18(23)12-17(20-19(14)22)13-21(3)15(2)16-9-5-4-6-10-16/h4-12,15H,13H2,1-3H3. The Morgan fingerprint density at radius 2 is 1.91 bits per heavy atom. The maximum Gasteiger partial charge on any atom is 0.258 e. The van der Waals surface area contributed by atoms with Crippen LogP contribution in [0.25, 0.3) is 5.65 Å². The normalized spacial score (nSPS) is 12.7. The van der Waals surface area contributed by atoms with Crippen molar-refractivity contribution in [1.82, 2.24) is 14.3 Å². The first-order valence-electron chi connectivity index (χ1n) is 7.79. The van der Waals surface area contributed by atoms with Gasteiger partial charge in [0.2, 0.25) is 0 Å². The summed E-state index contributed by atoms with van der Waals surface area (Å²) in [5.74, 6) is 0. The van der Waals surface area contributed by atoms with Crippen LogP contribution >= 0.6 is 0 Å². The molecule has 4 heteroatoms. The Morgan fingerprint density at radius 1 is 1.17 bits per heavy atom. The summed E-state index contributed by atoms with van der Waals surface area (Å²) in [7, 11) is 2.05. The van der Waals surface area contributed by atoms with Crippen LogP contribution < -0.4 is 5.56 Å². The minimum absolute atomic E-state index is 0.0329. The Bertz CT molecular complexity index is 871. The molecule has 0 spiro atoms. The van der Waals surface area contributed by atoms with E-state index in [0.29, 0.717) is 6.54 Å². The van der Waals surface area contributed by atoms with Crippen molar-refractivity contribution in [1.29, 1.82) is 0 Å². The van der Waals surface area contributed by atoms with Crippen molar-refractivity contribution in [2.75, 3.05) is 7.05 Å². The molecule has 4 nitrogen and oxygen atoms in total. The Kier molecular flexibility index (Phi) is 4.26. The molecule has 2 heterocycles. The number of hydrogen-bond donors (Lipinski definition) is 0. The second-order valence-electron chi connectivity index (χ2n) is 5.97. The van der Waals surface area contributed by atoms with Gasteiger partial charge < -0.3 is 0 Å². The van der Waals surface area contributed by atoms with E-state index in [1.165, 1.54) is 5.56 Å². The van der Waals surface area contributed by atoms with E-state index < -0.39 is 0 Å². The predicted molar refractivity (Wildman–Crippen MR) is 92.5 cm³/mol. The molecule has 0 saturated heterocycles. The molecule has 0 fully saturated rings. The van der Waals surface area contributed by atoms with Gasteiger partial charge in [-0.3, -0.25) is 14.1 Å². The molecule has 0 amide bonds. The average molecular weight is 307 g/mol. The summed E-state index contributed by atoms with van der Waals surface area (Å²) in [5, 5.41) is 0. The fraction of sp³-hybridized carbons (Fsp3) is 0.263. The van der Waals surface area contributed by atoms with E-state index in [1.807, 2.05) is 37.3 Å². The lowest BCUT2D eigenvalue weighted by atomic mass is 10.1. The number of nitrogens with zero attached hydrogens (tertiary/aromatic N) is 3. The average Bonchev–Trinajstić information content (AvgIpc) is 2.56. The van der Waals surface area contributed by atoms with Gasteiger partial charge in [-0.25, -0.2) is 4.98 Å². The number of fused-ring (bicyclic) bond motifs is 1. The van der Waals surface area contributed by atoms with Crippen molar-refractivity contribution >= 4 is 5.65 Å². The summed E-state index contributed by atoms with van der Waals surface area (Å²) in [6.07, 6.45) is 1.76. The van der Waals surface area contributed by atoms with Crippen LogP contribution in [0, 0.1) is 6.92 Å². The predicted octanol–water partition coefficient (Wildman–Crippen LogP) is 3.20. The third-order valence-electron chi connectivity index (χ3n) is 4.29. The highest BCUT2D eigenvalue weighted by Crippen LogP contribution is 2.19. The van der Waals surface area contributed by atoms with Crippen molar-refractivity contribution in [2.24, 2.45) is 0 Å². The van der Waals surface area contributed by atoms with Crippen LogP contribution in [0.1, 0.15) is 29.8 Å². The topological polar surface area (TPSA) is 37.6 Å². The van der Waals surface area contributed by atoms with Crippen molar-refractivity contribution in [3.8, 4) is 0 Å². The number of aromatic nitrogens is 2. The van der Waals surface area contributed by atoms with Gasteiger partial charge in [-0.05, 0) is 38.1 Å². The largest absolute Gasteiger partial charge is 0.294 e. The number of hydrogen-bond acceptors (Lipinski definition) is 3. The van der Waals surface area contributed by atoms with E-state index >= 15 is 0 Å². The zero-order valence-electron chi connectivity index (χ0n) is 13.7. The van der Waals surface area contributed by atoms with Gasteiger partial charge in [0, 0.05) is 24.8 Å². The third kappa shape index (κ3) is 3.17. The van der Waals surface area contributed by atoms with Crippen molar-refractivity contribution < 1.29 is 0 Å². The summed E-state index contributed by atoms with van der Waals surface area (Å²) in [6.45, 7) is 4.77. The van der Waals surface area contributed by atoms with Gasteiger partial charge in [-0.2, -0.15) is 0 Å². The molecule has 0 saturated carbocycles. The molecular weight excluding hydrogens is 286 g/mol. The number of rotatable bonds is 4. The van der Waals surface area contributed by atoms with Crippen LogP contribution in [-0.2, 0) is 6.54 Å². The maximum absolute atomic E-state index is 12.3. The van der Waals surface area contributed by atoms with Crippen LogP contribution in [0.4, 0.5) is 0 Å². The lowest BCUT2D eigenvalue weighted by Gasteiger charge is -2.24. The van der Waals surface area contributed by atoms with E-state index in [-0.39, 0.29) is 11.6 Å². The molecule has 0 aliphatic carbocycles. The lowest BCUT2D eigenvalue weighted by molar-refractivity contribution is 0.250. The molecule has 0 radical (unpaired) electrons. The molecule has 0 N–H and O–H groups in total. The number of aryl methyl sites for hydroxylation is 1. The maximum atomic E-state index is 12.3. The molecule has 1 atom stereocenters. The van der Waals surface area contributed by atoms with E-state index in [0.717, 1.165) is 16.9 Å². The van der Waals surface area contributed by atoms with Crippen LogP contribution in [0.2, 0.25) is 0 Å². The molecule has 3 rings (SSSR count). The molecule has 0 aliphatic rings. The lowest BCUT2D eigenvalue weighted by Crippen LogP contribution is -2.24. The third-order valence-corrected chi connectivity index (χ3v) is 4.29. The van der Waals surface area contributed by atoms with Crippen LogP contribution in [0.5, 0.6) is 0 Å². The summed E-state index contributed by atoms with van der Waals surface area (Å²) in [4.78, 5) is 19.2. The first-order valence-corrected chi connectivity index (χ1v) is 7.79. The monoisotopic (exact) mass is 307 g/mol. The highest BCUT2D eigenvalue weighted by molar-refractivity contribution is 5.46. The molecule has 2 aromatic heterocycles. The fourth-order valence-electron chi connectivity index (χ4n) is 2.77. The number of pyridine rings is 1. The molecule has 3 aromatic rings. The van der Waals surface area contributed by atoms with Gasteiger partial charge in [0.15, 0.2) is 0 Å². The Hall–Kier alpha value is -2.46. The number of benzene rings is 1. The van der Waals surface area contributed by atoms with Crippen LogP contribution in [-0.4, -0.2) is 21.3 Å². The Balaban J connectivity index is 1.89. The van der Waals surface area contributed by atoms with Gasteiger partial charge in [-0.15, -0.1) is 0 Å². The van der Waals surface area contributed by atoms with Crippen molar-refractivity contribution in [2.45, 2.75) is 26.4 Å². The minimum atomic E-state index is -0.0329. The summed E-state index contributed by atoms with van der Waals surface area (Å²) >= 11 is 0. The van der Waals surface area contributed by atoms with Crippen LogP contribution in [0.15, 0.2) is 59.5 Å². The molecule has 118 valence electrons. The fourth-order valence-corrected chi connectivity index (χ4v) is 2.77. The molecule has 0 bridgehead atoms. The van der Waals surface area contributed by atoms with E-state index in [9.17, 15) is 4.79 Å². The van der Waals surface area contributed by atoms with E-state index in [1.54, 1.807) is 16.7 Å². The summed E-state index contributed by atoms with van der Waals surface area (Å²) < 4.78 is 1.60. The SMILES string of the molecule is Cc1cccn2c(=O)cc(CN(C)C(C)c3ccccc3)nc12. The molecule has 0 aliphatic heterocycles. The van der Waals surface area contributed by atoms with Crippen LogP contribution in [0.3, 0.4) is 0 Å². The van der Waals surface area contributed by atoms with Gasteiger partial charge in [0.1, 0.15) is 5.65 Å². The zero-order valence-corrected chi connectivity index (χ0v) is 13.7. The summed E-state index contributed by atoms with van der Waals surface area (Å²) in [6, 6.07) is 16.1. The highest BCUT2D eigenvalue weighted by Gasteiger charge is 2.13. The van der Waals surface area contributed by atoms with Gasteiger partial charge >= 0.3 is 0 Å². The van der Waals surface area contributed by atoms with E-state index in [4.69, 9.17) is 0 Å². The van der Waals surface area contributed by atoms with Crippen molar-refractivity contribution in [3.05, 3.63) is 81.9 Å². The molecule has 1 unspecified atom stereocenters. The Labute approximate surface area is 136 Å². The zero-order chi connectivity index (χ0) is 16.4. The highest BCUT2D eigenvalue weighted by atomic mass is 16.1. The van der Waals surface area contributed by atoms with Crippen molar-refractivity contribution in [3.63, 3.8) is 0 Å². The minimum Gasteiger partial charge on any atom is -0.294 e. The van der Waals surface area contributed by atoms with Gasteiger partial charge in [-0.1, -0.05) is 36.4 Å². The smallest absolute Gasteiger partial charge is 0.258 e. The second kappa shape index (κ2) is 6.34. The Morgan fingerprint density at radius 3 is 2.65 bits per heavy atom. The van der Waals surface area contributed by atoms with Gasteiger partial charge in [0.05, 0.1) is 5.69 Å². The first-order chi connectivity index (χ1) is 11.1. The quantitative estimate of drug-likeness (QED) is 0.743. The van der Waals surface area contributed by atoms with E-state index in [2.05, 4.69) is 36.0 Å². The molecule has 1 aromatic carbocycles. The molecule has 23 heavy (non-hydrogen) atoms.